The Morgan fingerprint density at radius 2 is 2.13 bits per heavy atom. The number of rotatable bonds is 5. The maximum Gasteiger partial charge on any atom is 0.290 e. The van der Waals surface area contributed by atoms with E-state index in [-0.39, 0.29) is 5.82 Å². The number of carbonyl (C=O) groups is 1. The van der Waals surface area contributed by atoms with Crippen LogP contribution in [0.5, 0.6) is 0 Å². The first-order chi connectivity index (χ1) is 11.1. The largest absolute Gasteiger partial charge is 0.371 e. The Labute approximate surface area is 134 Å². The molecule has 1 aromatic heterocycles. The van der Waals surface area contributed by atoms with Crippen LogP contribution >= 0.6 is 0 Å². The molecule has 0 saturated carbocycles. The highest BCUT2D eigenvalue weighted by molar-refractivity contribution is 5.88. The van der Waals surface area contributed by atoms with Crippen molar-refractivity contribution >= 4 is 11.6 Å². The molecular weight excluding hydrogens is 294 g/mol. The molecule has 1 saturated heterocycles. The third-order valence-electron chi connectivity index (χ3n) is 4.18. The van der Waals surface area contributed by atoms with E-state index >= 15 is 0 Å². The number of primary amides is 1. The van der Waals surface area contributed by atoms with Gasteiger partial charge in [0.25, 0.3) is 11.7 Å². The maximum atomic E-state index is 10.9. The van der Waals surface area contributed by atoms with E-state index in [1.54, 1.807) is 0 Å². The number of amides is 1. The third kappa shape index (κ3) is 3.68. The van der Waals surface area contributed by atoms with Gasteiger partial charge < -0.3 is 20.5 Å². The zero-order valence-corrected chi connectivity index (χ0v) is 13.2. The topological polar surface area (TPSA) is 97.3 Å². The van der Waals surface area contributed by atoms with Crippen molar-refractivity contribution in [1.29, 1.82) is 0 Å². The fourth-order valence-electron chi connectivity index (χ4n) is 2.90. The molecule has 0 bridgehead atoms. The van der Waals surface area contributed by atoms with Crippen LogP contribution in [0.1, 0.15) is 34.9 Å². The Hall–Kier alpha value is -2.41. The van der Waals surface area contributed by atoms with Crippen LogP contribution in [-0.4, -0.2) is 35.2 Å². The second-order valence-electron chi connectivity index (χ2n) is 5.80. The fourth-order valence-corrected chi connectivity index (χ4v) is 2.90. The Balaban J connectivity index is 1.49. The Morgan fingerprint density at radius 1 is 1.39 bits per heavy atom. The number of aryl methyl sites for hydroxylation is 1. The smallest absolute Gasteiger partial charge is 0.290 e. The highest BCUT2D eigenvalue weighted by Gasteiger charge is 2.20. The number of aromatic nitrogens is 2. The van der Waals surface area contributed by atoms with Gasteiger partial charge in [-0.1, -0.05) is 23.4 Å². The lowest BCUT2D eigenvalue weighted by molar-refractivity contribution is 0.0987. The molecule has 0 aliphatic carbocycles. The average Bonchev–Trinajstić information content (AvgIpc) is 3.03. The summed E-state index contributed by atoms with van der Waals surface area (Å²) in [5.74, 6) is -0.358. The highest BCUT2D eigenvalue weighted by atomic mass is 16.5. The molecule has 1 fully saturated rings. The molecule has 7 nitrogen and oxygen atoms in total. The molecule has 0 unspecified atom stereocenters. The normalized spacial score (nSPS) is 15.8. The Morgan fingerprint density at radius 3 is 2.78 bits per heavy atom. The molecule has 1 aliphatic rings. The van der Waals surface area contributed by atoms with Gasteiger partial charge in [0.1, 0.15) is 0 Å². The predicted molar refractivity (Wildman–Crippen MR) is 86.1 cm³/mol. The number of benzene rings is 1. The number of nitrogens with zero attached hydrogens (tertiary/aromatic N) is 3. The first-order valence-corrected chi connectivity index (χ1v) is 7.80. The van der Waals surface area contributed by atoms with Crippen molar-refractivity contribution in [3.8, 4) is 0 Å². The van der Waals surface area contributed by atoms with Gasteiger partial charge in [-0.3, -0.25) is 4.79 Å². The molecule has 2 heterocycles. The number of piperidine rings is 1. The molecule has 0 radical (unpaired) electrons. The zero-order chi connectivity index (χ0) is 16.2. The molecule has 2 aromatic rings. The number of hydrogen-bond donors (Lipinski definition) is 2. The van der Waals surface area contributed by atoms with Crippen molar-refractivity contribution in [3.05, 3.63) is 41.5 Å². The number of nitrogens with two attached hydrogens (primary N) is 1. The van der Waals surface area contributed by atoms with Crippen LogP contribution in [0.4, 0.5) is 5.69 Å². The number of carbonyl (C=O) groups excluding carboxylic acids is 1. The van der Waals surface area contributed by atoms with E-state index in [2.05, 4.69) is 51.5 Å². The lowest BCUT2D eigenvalue weighted by Crippen LogP contribution is -2.42. The van der Waals surface area contributed by atoms with Crippen molar-refractivity contribution in [2.24, 2.45) is 5.73 Å². The standard InChI is InChI=1S/C16H21N5O2/c1-11-4-2-3-5-13(11)21-8-6-12(7-9-21)18-10-14-19-16(15(17)22)20-23-14/h2-5,12,18H,6-10H2,1H3,(H2,17,22). The van der Waals surface area contributed by atoms with E-state index in [4.69, 9.17) is 10.3 Å². The van der Waals surface area contributed by atoms with Crippen molar-refractivity contribution in [2.45, 2.75) is 32.4 Å². The van der Waals surface area contributed by atoms with Gasteiger partial charge in [0.05, 0.1) is 6.54 Å². The second kappa shape index (κ2) is 6.78. The number of para-hydroxylation sites is 1. The predicted octanol–water partition coefficient (Wildman–Crippen LogP) is 1.24. The van der Waals surface area contributed by atoms with E-state index in [0.717, 1.165) is 25.9 Å². The molecule has 0 atom stereocenters. The van der Waals surface area contributed by atoms with Gasteiger partial charge in [0.15, 0.2) is 0 Å². The zero-order valence-electron chi connectivity index (χ0n) is 13.2. The molecule has 3 rings (SSSR count). The Kier molecular flexibility index (Phi) is 4.57. The number of nitrogens with one attached hydrogen (secondary N) is 1. The number of hydrogen-bond acceptors (Lipinski definition) is 6. The van der Waals surface area contributed by atoms with Crippen molar-refractivity contribution in [3.63, 3.8) is 0 Å². The molecule has 3 N–H and O–H groups in total. The lowest BCUT2D eigenvalue weighted by Gasteiger charge is -2.34. The van der Waals surface area contributed by atoms with Gasteiger partial charge in [-0.2, -0.15) is 4.98 Å². The molecule has 0 spiro atoms. The minimum atomic E-state index is -0.675. The van der Waals surface area contributed by atoms with Crippen LogP contribution < -0.4 is 16.0 Å². The molecule has 7 heteroatoms. The van der Waals surface area contributed by atoms with Crippen LogP contribution in [0.25, 0.3) is 0 Å². The maximum absolute atomic E-state index is 10.9. The monoisotopic (exact) mass is 315 g/mol. The van der Waals surface area contributed by atoms with Gasteiger partial charge in [-0.15, -0.1) is 0 Å². The van der Waals surface area contributed by atoms with Crippen LogP contribution in [-0.2, 0) is 6.54 Å². The second-order valence-corrected chi connectivity index (χ2v) is 5.80. The minimum absolute atomic E-state index is 0.0730. The fraction of sp³-hybridized carbons (Fsp3) is 0.438. The average molecular weight is 315 g/mol. The first-order valence-electron chi connectivity index (χ1n) is 7.80. The first kappa shape index (κ1) is 15.5. The van der Waals surface area contributed by atoms with Crippen LogP contribution in [0.2, 0.25) is 0 Å². The molecule has 122 valence electrons. The number of anilines is 1. The summed E-state index contributed by atoms with van der Waals surface area (Å²) in [5, 5.41) is 6.93. The summed E-state index contributed by atoms with van der Waals surface area (Å²) < 4.78 is 4.99. The Bertz CT molecular complexity index is 677. The summed E-state index contributed by atoms with van der Waals surface area (Å²) in [4.78, 5) is 17.3. The van der Waals surface area contributed by atoms with Gasteiger partial charge >= 0.3 is 0 Å². The summed E-state index contributed by atoms with van der Waals surface area (Å²) in [5.41, 5.74) is 7.72. The summed E-state index contributed by atoms with van der Waals surface area (Å²) in [6.45, 7) is 4.62. The van der Waals surface area contributed by atoms with Crippen LogP contribution in [0.3, 0.4) is 0 Å². The van der Waals surface area contributed by atoms with Gasteiger partial charge in [0, 0.05) is 24.8 Å². The van der Waals surface area contributed by atoms with E-state index in [1.165, 1.54) is 11.3 Å². The van der Waals surface area contributed by atoms with Gasteiger partial charge in [-0.25, -0.2) is 0 Å². The van der Waals surface area contributed by atoms with E-state index in [1.807, 2.05) is 0 Å². The summed E-state index contributed by atoms with van der Waals surface area (Å²) in [7, 11) is 0. The molecule has 1 amide bonds. The van der Waals surface area contributed by atoms with Crippen molar-refractivity contribution < 1.29 is 9.32 Å². The summed E-state index contributed by atoms with van der Waals surface area (Å²) in [6.07, 6.45) is 2.09. The SMILES string of the molecule is Cc1ccccc1N1CCC(NCc2nc(C(N)=O)no2)CC1. The molecule has 1 aromatic carbocycles. The third-order valence-corrected chi connectivity index (χ3v) is 4.18. The van der Waals surface area contributed by atoms with Gasteiger partial charge in [-0.05, 0) is 31.4 Å². The van der Waals surface area contributed by atoms with Gasteiger partial charge in [0.2, 0.25) is 5.89 Å². The lowest BCUT2D eigenvalue weighted by atomic mass is 10.0. The van der Waals surface area contributed by atoms with Crippen LogP contribution in [0, 0.1) is 6.92 Å². The van der Waals surface area contributed by atoms with Crippen molar-refractivity contribution in [1.82, 2.24) is 15.5 Å². The minimum Gasteiger partial charge on any atom is -0.371 e. The van der Waals surface area contributed by atoms with E-state index in [9.17, 15) is 4.79 Å². The molecular formula is C16H21N5O2. The van der Waals surface area contributed by atoms with E-state index < -0.39 is 5.91 Å². The molecule has 23 heavy (non-hydrogen) atoms. The summed E-state index contributed by atoms with van der Waals surface area (Å²) >= 11 is 0. The van der Waals surface area contributed by atoms with E-state index in [0.29, 0.717) is 18.5 Å². The highest BCUT2D eigenvalue weighted by Crippen LogP contribution is 2.23. The molecule has 1 aliphatic heterocycles. The van der Waals surface area contributed by atoms with Crippen LogP contribution in [0.15, 0.2) is 28.8 Å². The summed E-state index contributed by atoms with van der Waals surface area (Å²) in [6, 6.07) is 8.87. The van der Waals surface area contributed by atoms with Crippen molar-refractivity contribution in [2.75, 3.05) is 18.0 Å². The quantitative estimate of drug-likeness (QED) is 0.861.